The van der Waals surface area contributed by atoms with E-state index in [1.807, 2.05) is 7.05 Å². The molecule has 1 aromatic rings. The maximum atomic E-state index is 12.7. The zero-order valence-electron chi connectivity index (χ0n) is 12.7. The lowest BCUT2D eigenvalue weighted by atomic mass is 9.77. The first kappa shape index (κ1) is 16.3. The average Bonchev–Trinajstić information content (AvgIpc) is 2.46. The number of likely N-dealkylation sites (N-methyl/N-ethyl adjacent to an activating group) is 1. The quantitative estimate of drug-likeness (QED) is 0.863. The number of nitrogens with one attached hydrogen (secondary N) is 1. The maximum absolute atomic E-state index is 12.7. The van der Waals surface area contributed by atoms with Crippen LogP contribution in [0.1, 0.15) is 36.8 Å². The summed E-state index contributed by atoms with van der Waals surface area (Å²) in [5, 5.41) is 3.31. The van der Waals surface area contributed by atoms with Crippen molar-refractivity contribution in [2.45, 2.75) is 51.2 Å². The fourth-order valence-electron chi connectivity index (χ4n) is 3.33. The molecule has 21 heavy (non-hydrogen) atoms. The second-order valence-electron chi connectivity index (χ2n) is 6.24. The van der Waals surface area contributed by atoms with Gasteiger partial charge in [-0.15, -0.1) is 0 Å². The monoisotopic (exact) mass is 299 g/mol. The van der Waals surface area contributed by atoms with E-state index in [9.17, 15) is 13.2 Å². The van der Waals surface area contributed by atoms with Gasteiger partial charge in [-0.25, -0.2) is 0 Å². The van der Waals surface area contributed by atoms with Gasteiger partial charge < -0.3 is 5.32 Å². The van der Waals surface area contributed by atoms with Crippen LogP contribution in [0, 0.1) is 18.8 Å². The fraction of sp³-hybridized carbons (Fsp3) is 0.647. The smallest absolute Gasteiger partial charge is 0.316 e. The Morgan fingerprint density at radius 3 is 2.14 bits per heavy atom. The normalized spacial score (nSPS) is 24.8. The topological polar surface area (TPSA) is 12.0 Å². The molecule has 1 aromatic carbocycles. The Morgan fingerprint density at radius 1 is 1.10 bits per heavy atom. The highest BCUT2D eigenvalue weighted by Gasteiger charge is 2.42. The average molecular weight is 299 g/mol. The van der Waals surface area contributed by atoms with Crippen molar-refractivity contribution in [3.05, 3.63) is 35.4 Å². The van der Waals surface area contributed by atoms with Crippen molar-refractivity contribution in [3.63, 3.8) is 0 Å². The van der Waals surface area contributed by atoms with Gasteiger partial charge in [0.05, 0.1) is 5.92 Å². The van der Waals surface area contributed by atoms with Gasteiger partial charge >= 0.3 is 6.18 Å². The number of halogens is 3. The predicted octanol–water partition coefficient (Wildman–Crippen LogP) is 4.49. The number of alkyl halides is 3. The van der Waals surface area contributed by atoms with E-state index in [-0.39, 0.29) is 18.9 Å². The van der Waals surface area contributed by atoms with Gasteiger partial charge in [0.2, 0.25) is 0 Å². The molecule has 1 N–H and O–H groups in total. The summed E-state index contributed by atoms with van der Waals surface area (Å²) in [6.07, 6.45) is -1.24. The van der Waals surface area contributed by atoms with Gasteiger partial charge in [-0.1, -0.05) is 29.8 Å². The lowest BCUT2D eigenvalue weighted by molar-refractivity contribution is -0.184. The summed E-state index contributed by atoms with van der Waals surface area (Å²) >= 11 is 0. The first-order valence-electron chi connectivity index (χ1n) is 7.69. The van der Waals surface area contributed by atoms with Crippen LogP contribution in [0.2, 0.25) is 0 Å². The number of benzene rings is 1. The van der Waals surface area contributed by atoms with Crippen LogP contribution in [0.3, 0.4) is 0 Å². The fourth-order valence-corrected chi connectivity index (χ4v) is 3.33. The van der Waals surface area contributed by atoms with Crippen molar-refractivity contribution >= 4 is 0 Å². The summed E-state index contributed by atoms with van der Waals surface area (Å²) < 4.78 is 38.2. The van der Waals surface area contributed by atoms with Crippen LogP contribution in [0.15, 0.2) is 24.3 Å². The molecule has 118 valence electrons. The van der Waals surface area contributed by atoms with Gasteiger partial charge in [-0.05, 0) is 57.6 Å². The molecule has 4 heteroatoms. The second-order valence-corrected chi connectivity index (χ2v) is 6.24. The third-order valence-electron chi connectivity index (χ3n) is 4.75. The zero-order valence-corrected chi connectivity index (χ0v) is 12.7. The summed E-state index contributed by atoms with van der Waals surface area (Å²) in [5.74, 6) is -0.750. The summed E-state index contributed by atoms with van der Waals surface area (Å²) in [6, 6.07) is 8.66. The maximum Gasteiger partial charge on any atom is 0.391 e. The highest BCUT2D eigenvalue weighted by molar-refractivity contribution is 5.22. The Balaban J connectivity index is 1.92. The Kier molecular flexibility index (Phi) is 5.31. The van der Waals surface area contributed by atoms with Gasteiger partial charge in [0.15, 0.2) is 0 Å². The van der Waals surface area contributed by atoms with Gasteiger partial charge in [0.25, 0.3) is 0 Å². The van der Waals surface area contributed by atoms with Crippen molar-refractivity contribution in [2.75, 3.05) is 7.05 Å². The van der Waals surface area contributed by atoms with E-state index < -0.39 is 12.1 Å². The van der Waals surface area contributed by atoms with Crippen molar-refractivity contribution in [1.29, 1.82) is 0 Å². The van der Waals surface area contributed by atoms with Gasteiger partial charge in [-0.2, -0.15) is 13.2 Å². The van der Waals surface area contributed by atoms with Gasteiger partial charge in [0.1, 0.15) is 0 Å². The molecule has 1 nitrogen and oxygen atoms in total. The van der Waals surface area contributed by atoms with E-state index >= 15 is 0 Å². The van der Waals surface area contributed by atoms with Crippen LogP contribution in [-0.2, 0) is 6.42 Å². The minimum absolute atomic E-state index is 0.266. The second kappa shape index (κ2) is 6.82. The molecule has 1 atom stereocenters. The van der Waals surface area contributed by atoms with Gasteiger partial charge in [0, 0.05) is 6.04 Å². The predicted molar refractivity (Wildman–Crippen MR) is 79.2 cm³/mol. The minimum atomic E-state index is -4.02. The van der Waals surface area contributed by atoms with Gasteiger partial charge in [-0.3, -0.25) is 0 Å². The van der Waals surface area contributed by atoms with Crippen LogP contribution >= 0.6 is 0 Å². The van der Waals surface area contributed by atoms with E-state index in [0.717, 1.165) is 6.42 Å². The molecule has 1 aliphatic rings. The molecule has 0 radical (unpaired) electrons. The molecule has 1 saturated carbocycles. The Hall–Kier alpha value is -1.03. The Labute approximate surface area is 124 Å². The van der Waals surface area contributed by atoms with Crippen LogP contribution in [-0.4, -0.2) is 19.3 Å². The van der Waals surface area contributed by atoms with Crippen LogP contribution in [0.5, 0.6) is 0 Å². The molecule has 0 aromatic heterocycles. The highest BCUT2D eigenvalue weighted by atomic mass is 19.4. The molecule has 0 heterocycles. The van der Waals surface area contributed by atoms with Crippen molar-refractivity contribution in [1.82, 2.24) is 5.32 Å². The summed E-state index contributed by atoms with van der Waals surface area (Å²) in [5.41, 5.74) is 2.48. The molecule has 2 rings (SSSR count). The first-order valence-corrected chi connectivity index (χ1v) is 7.69. The third-order valence-corrected chi connectivity index (χ3v) is 4.75. The van der Waals surface area contributed by atoms with E-state index in [1.54, 1.807) is 0 Å². The molecule has 1 unspecified atom stereocenters. The molecule has 0 bridgehead atoms. The summed E-state index contributed by atoms with van der Waals surface area (Å²) in [7, 11) is 1.91. The van der Waals surface area contributed by atoms with Crippen molar-refractivity contribution in [2.24, 2.45) is 11.8 Å². The van der Waals surface area contributed by atoms with E-state index in [0.29, 0.717) is 18.8 Å². The molecule has 1 aliphatic carbocycles. The number of hydrogen-bond acceptors (Lipinski definition) is 1. The van der Waals surface area contributed by atoms with Crippen molar-refractivity contribution < 1.29 is 13.2 Å². The minimum Gasteiger partial charge on any atom is -0.316 e. The SMILES string of the molecule is CNC(Cc1ccc(C)cc1)C1CCC(C(F)(F)F)CC1. The standard InChI is InChI=1S/C17H24F3N/c1-12-3-5-13(6-4-12)11-16(21-2)14-7-9-15(10-8-14)17(18,19)20/h3-6,14-16,21H,7-11H2,1-2H3. The molecule has 0 amide bonds. The molecule has 0 saturated heterocycles. The zero-order chi connectivity index (χ0) is 15.5. The first-order chi connectivity index (χ1) is 9.90. The molecule has 1 fully saturated rings. The van der Waals surface area contributed by atoms with Crippen LogP contribution < -0.4 is 5.32 Å². The highest BCUT2D eigenvalue weighted by Crippen LogP contribution is 2.40. The third kappa shape index (κ3) is 4.47. The molecule has 0 aliphatic heterocycles. The molecular formula is C17H24F3N. The Morgan fingerprint density at radius 2 is 1.67 bits per heavy atom. The molecule has 0 spiro atoms. The lowest BCUT2D eigenvalue weighted by Crippen LogP contribution is -2.39. The number of hydrogen-bond donors (Lipinski definition) is 1. The van der Waals surface area contributed by atoms with E-state index in [1.165, 1.54) is 11.1 Å². The van der Waals surface area contributed by atoms with Crippen molar-refractivity contribution in [3.8, 4) is 0 Å². The van der Waals surface area contributed by atoms with E-state index in [4.69, 9.17) is 0 Å². The Bertz CT molecular complexity index is 430. The number of aryl methyl sites for hydroxylation is 1. The number of rotatable bonds is 4. The van der Waals surface area contributed by atoms with E-state index in [2.05, 4.69) is 36.5 Å². The largest absolute Gasteiger partial charge is 0.391 e. The summed E-state index contributed by atoms with van der Waals surface area (Å²) in [6.45, 7) is 2.05. The molecular weight excluding hydrogens is 275 g/mol. The van der Waals surface area contributed by atoms with Crippen LogP contribution in [0.25, 0.3) is 0 Å². The summed E-state index contributed by atoms with van der Waals surface area (Å²) in [4.78, 5) is 0. The lowest BCUT2D eigenvalue weighted by Gasteiger charge is -2.34. The van der Waals surface area contributed by atoms with Crippen LogP contribution in [0.4, 0.5) is 13.2 Å².